The summed E-state index contributed by atoms with van der Waals surface area (Å²) < 4.78 is 41.0. The van der Waals surface area contributed by atoms with Crippen LogP contribution in [0.2, 0.25) is 0 Å². The first-order chi connectivity index (χ1) is 12.3. The van der Waals surface area contributed by atoms with Crippen molar-refractivity contribution >= 4 is 11.8 Å². The second-order valence-electron chi connectivity index (χ2n) is 5.17. The average molecular weight is 397 g/mol. The Morgan fingerprint density at radius 1 is 0.962 bits per heavy atom. The summed E-state index contributed by atoms with van der Waals surface area (Å²) in [5.41, 5.74) is 3.40. The van der Waals surface area contributed by atoms with Gasteiger partial charge in [0.1, 0.15) is 7.05 Å². The Morgan fingerprint density at radius 3 is 1.88 bits per heavy atom. The van der Waals surface area contributed by atoms with Crippen molar-refractivity contribution in [2.24, 2.45) is 7.05 Å². The first-order valence-corrected chi connectivity index (χ1v) is 9.96. The van der Waals surface area contributed by atoms with E-state index in [1.165, 1.54) is 5.56 Å². The molecule has 26 heavy (non-hydrogen) atoms. The zero-order valence-electron chi connectivity index (χ0n) is 14.3. The van der Waals surface area contributed by atoms with Crippen molar-refractivity contribution < 1.29 is 37.9 Å². The Morgan fingerprint density at radius 2 is 1.42 bits per heavy atom. The van der Waals surface area contributed by atoms with E-state index in [1.807, 2.05) is 24.3 Å². The van der Waals surface area contributed by atoms with Crippen LogP contribution in [-0.2, 0) is 7.05 Å². The maximum atomic E-state index is 8.60. The summed E-state index contributed by atoms with van der Waals surface area (Å²) in [5.74, 6) is 1.92. The van der Waals surface area contributed by atoms with Crippen LogP contribution in [0.25, 0.3) is 22.6 Å². The van der Waals surface area contributed by atoms with Crippen LogP contribution < -0.4 is 18.5 Å². The molecule has 0 bridgehead atoms. The number of benzene rings is 2. The van der Waals surface area contributed by atoms with Crippen molar-refractivity contribution in [3.63, 3.8) is 0 Å². The lowest BCUT2D eigenvalue weighted by Gasteiger charge is -2.03. The number of oxazole rings is 1. The summed E-state index contributed by atoms with van der Waals surface area (Å²) in [4.78, 5) is 0. The lowest BCUT2D eigenvalue weighted by atomic mass is 10.1. The van der Waals surface area contributed by atoms with E-state index in [-0.39, 0.29) is 0 Å². The first-order valence-electron chi connectivity index (χ1n) is 7.71. The number of nitrogens with zero attached hydrogens (tertiary/aromatic N) is 1. The maximum absolute atomic E-state index is 8.60. The Balaban J connectivity index is 0.000000431. The van der Waals surface area contributed by atoms with Gasteiger partial charge in [0, 0.05) is 11.3 Å². The van der Waals surface area contributed by atoms with Gasteiger partial charge in [-0.1, -0.05) is 55.5 Å². The van der Waals surface area contributed by atoms with Gasteiger partial charge in [-0.25, -0.2) is 0 Å². The predicted molar refractivity (Wildman–Crippen MR) is 89.4 cm³/mol. The minimum absolute atomic E-state index is 0.931. The molecule has 0 aliphatic heterocycles. The molecular formula is C18H19ClNO5S+. The number of rotatable bonds is 4. The van der Waals surface area contributed by atoms with Crippen LogP contribution in [0.1, 0.15) is 6.92 Å². The van der Waals surface area contributed by atoms with Gasteiger partial charge in [0.05, 0.1) is 20.5 Å². The number of hydrogen-bond donors (Lipinski definition) is 1. The summed E-state index contributed by atoms with van der Waals surface area (Å²) >= 11 is 1.72. The van der Waals surface area contributed by atoms with Crippen molar-refractivity contribution in [3.05, 3.63) is 60.7 Å². The maximum Gasteiger partial charge on any atom is 0.412 e. The van der Waals surface area contributed by atoms with Crippen molar-refractivity contribution in [2.75, 3.05) is 5.75 Å². The predicted octanol–water partition coefficient (Wildman–Crippen LogP) is 0.426. The Labute approximate surface area is 158 Å². The highest BCUT2D eigenvalue weighted by atomic mass is 35.7. The van der Waals surface area contributed by atoms with Gasteiger partial charge in [0.15, 0.2) is 0 Å². The van der Waals surface area contributed by atoms with Crippen molar-refractivity contribution in [1.82, 2.24) is 0 Å². The SMILES string of the molecule is CCSc1oc(-c2ccccc2)c(-c2ccccc2)[n+]1C.[O-][Cl+3]([O-])([O-])O. The molecule has 6 nitrogen and oxygen atoms in total. The highest BCUT2D eigenvalue weighted by molar-refractivity contribution is 7.98. The molecule has 3 rings (SSSR count). The van der Waals surface area contributed by atoms with Crippen LogP contribution in [0.15, 0.2) is 70.3 Å². The molecule has 0 saturated heterocycles. The monoisotopic (exact) mass is 396 g/mol. The Kier molecular flexibility index (Phi) is 7.22. The molecule has 3 aromatic rings. The van der Waals surface area contributed by atoms with E-state index in [4.69, 9.17) is 23.1 Å². The average Bonchev–Trinajstić information content (AvgIpc) is 2.92. The molecule has 0 amide bonds. The molecule has 0 aliphatic rings. The molecule has 0 unspecified atom stereocenters. The van der Waals surface area contributed by atoms with Crippen molar-refractivity contribution in [3.8, 4) is 22.6 Å². The third-order valence-corrected chi connectivity index (χ3v) is 4.26. The number of hydrogen-bond acceptors (Lipinski definition) is 6. The van der Waals surface area contributed by atoms with Crippen molar-refractivity contribution in [2.45, 2.75) is 12.1 Å². The summed E-state index contributed by atoms with van der Waals surface area (Å²) in [6.07, 6.45) is 0. The molecule has 0 saturated carbocycles. The highest BCUT2D eigenvalue weighted by Gasteiger charge is 2.28. The molecule has 0 fully saturated rings. The van der Waals surface area contributed by atoms with Crippen LogP contribution in [0.5, 0.6) is 0 Å². The number of thioether (sulfide) groups is 1. The van der Waals surface area contributed by atoms with Crippen LogP contribution in [-0.4, -0.2) is 10.4 Å². The minimum atomic E-state index is -4.69. The third-order valence-electron chi connectivity index (χ3n) is 3.36. The fraction of sp³-hybridized carbons (Fsp3) is 0.167. The van der Waals surface area contributed by atoms with E-state index in [0.717, 1.165) is 28.0 Å². The van der Waals surface area contributed by atoms with Gasteiger partial charge in [-0.2, -0.15) is 18.5 Å². The largest absolute Gasteiger partial charge is 0.412 e. The Bertz CT molecular complexity index is 813. The fourth-order valence-corrected chi connectivity index (χ4v) is 3.08. The van der Waals surface area contributed by atoms with Gasteiger partial charge < -0.3 is 4.42 Å². The van der Waals surface area contributed by atoms with Gasteiger partial charge in [0.25, 0.3) is 5.69 Å². The molecule has 0 radical (unpaired) electrons. The molecule has 0 atom stereocenters. The van der Waals surface area contributed by atoms with Crippen molar-refractivity contribution in [1.29, 1.82) is 0 Å². The van der Waals surface area contributed by atoms with E-state index in [9.17, 15) is 0 Å². The van der Waals surface area contributed by atoms with E-state index >= 15 is 0 Å². The topological polar surface area (TPSA) is 106 Å². The van der Waals surface area contributed by atoms with Gasteiger partial charge >= 0.3 is 5.22 Å². The molecule has 1 aromatic heterocycles. The lowest BCUT2D eigenvalue weighted by Crippen LogP contribution is -2.58. The van der Waals surface area contributed by atoms with Crippen LogP contribution in [0, 0.1) is 10.2 Å². The molecule has 1 heterocycles. The minimum Gasteiger partial charge on any atom is -0.392 e. The molecular weight excluding hydrogens is 378 g/mol. The standard InChI is InChI=1S/C18H18NOS.ClHO4/c1-3-21-18-19(2)16(14-10-6-4-7-11-14)17(20-18)15-12-8-5-9-13-15;2-1(3,4)5/h4-13H,3H2,1-2H3;(H,2,3,4,5)/q+1;. The Hall–Kier alpha value is -1.87. The third kappa shape index (κ3) is 5.84. The summed E-state index contributed by atoms with van der Waals surface area (Å²) in [5, 5.41) is 0.940. The second kappa shape index (κ2) is 9.18. The van der Waals surface area contributed by atoms with Gasteiger partial charge in [-0.15, -0.1) is 0 Å². The van der Waals surface area contributed by atoms with E-state index in [0.29, 0.717) is 0 Å². The molecule has 1 N–H and O–H groups in total. The summed E-state index contributed by atoms with van der Waals surface area (Å²) in [7, 11) is -2.63. The second-order valence-corrected chi connectivity index (χ2v) is 7.17. The molecule has 0 spiro atoms. The zero-order valence-corrected chi connectivity index (χ0v) is 15.9. The van der Waals surface area contributed by atoms with Gasteiger partial charge in [0.2, 0.25) is 5.76 Å². The molecule has 0 aliphatic carbocycles. The lowest BCUT2D eigenvalue weighted by molar-refractivity contribution is -1.92. The summed E-state index contributed by atoms with van der Waals surface area (Å²) in [6.45, 7) is 2.14. The quantitative estimate of drug-likeness (QED) is 0.506. The zero-order chi connectivity index (χ0) is 19.2. The smallest absolute Gasteiger partial charge is 0.392 e. The van der Waals surface area contributed by atoms with E-state index in [2.05, 4.69) is 54.9 Å². The fourth-order valence-electron chi connectivity index (χ4n) is 2.40. The number of halogens is 1. The van der Waals surface area contributed by atoms with Crippen LogP contribution in [0.4, 0.5) is 0 Å². The molecule has 138 valence electrons. The van der Waals surface area contributed by atoms with Crippen LogP contribution in [0.3, 0.4) is 0 Å². The molecule has 2 aromatic carbocycles. The summed E-state index contributed by atoms with van der Waals surface area (Å²) in [6, 6.07) is 20.7. The van der Waals surface area contributed by atoms with E-state index < -0.39 is 10.2 Å². The van der Waals surface area contributed by atoms with Crippen LogP contribution >= 0.6 is 11.8 Å². The van der Waals surface area contributed by atoms with E-state index in [1.54, 1.807) is 11.8 Å². The van der Waals surface area contributed by atoms with Gasteiger partial charge in [-0.05, 0) is 23.9 Å². The van der Waals surface area contributed by atoms with Gasteiger partial charge in [-0.3, -0.25) is 0 Å². The molecule has 8 heteroatoms. The normalized spacial score (nSPS) is 11.0. The highest BCUT2D eigenvalue weighted by Crippen LogP contribution is 2.33. The number of aromatic nitrogens is 1. The first kappa shape index (κ1) is 20.4.